The number of ether oxygens (including phenoxy) is 1. The summed E-state index contributed by atoms with van der Waals surface area (Å²) in [7, 11) is 0. The first kappa shape index (κ1) is 19.9. The normalized spacial score (nSPS) is 14.6. The SMILES string of the molecule is Cc1ccc(OCC(=O)Nc2ccccc2C(=O)N2CCC(C)CC2)cc1C. The Kier molecular flexibility index (Phi) is 6.34. The van der Waals surface area contributed by atoms with Gasteiger partial charge >= 0.3 is 0 Å². The van der Waals surface area contributed by atoms with E-state index in [-0.39, 0.29) is 18.4 Å². The van der Waals surface area contributed by atoms with Crippen LogP contribution in [0.25, 0.3) is 0 Å². The van der Waals surface area contributed by atoms with Gasteiger partial charge in [0.2, 0.25) is 0 Å². The summed E-state index contributed by atoms with van der Waals surface area (Å²) in [6, 6.07) is 12.9. The van der Waals surface area contributed by atoms with Crippen molar-refractivity contribution in [2.45, 2.75) is 33.6 Å². The highest BCUT2D eigenvalue weighted by atomic mass is 16.5. The van der Waals surface area contributed by atoms with Crippen LogP contribution < -0.4 is 10.1 Å². The molecule has 0 aromatic heterocycles. The van der Waals surface area contributed by atoms with Crippen LogP contribution >= 0.6 is 0 Å². The van der Waals surface area contributed by atoms with Gasteiger partial charge in [-0.25, -0.2) is 0 Å². The van der Waals surface area contributed by atoms with E-state index in [1.807, 2.05) is 49.1 Å². The maximum Gasteiger partial charge on any atom is 0.262 e. The molecule has 1 saturated heterocycles. The lowest BCUT2D eigenvalue weighted by atomic mass is 9.98. The molecular formula is C23H28N2O3. The Morgan fingerprint density at radius 1 is 1.07 bits per heavy atom. The Bertz CT molecular complexity index is 855. The molecule has 0 unspecified atom stereocenters. The third-order valence-electron chi connectivity index (χ3n) is 5.35. The quantitative estimate of drug-likeness (QED) is 0.846. The molecule has 2 aromatic carbocycles. The molecule has 0 aliphatic carbocycles. The molecule has 1 aliphatic heterocycles. The van der Waals surface area contributed by atoms with Crippen LogP contribution in [0.4, 0.5) is 5.69 Å². The van der Waals surface area contributed by atoms with Gasteiger partial charge in [-0.3, -0.25) is 9.59 Å². The van der Waals surface area contributed by atoms with Crippen LogP contribution in [0, 0.1) is 19.8 Å². The van der Waals surface area contributed by atoms with Gasteiger partial charge in [-0.1, -0.05) is 25.1 Å². The van der Waals surface area contributed by atoms with E-state index in [0.29, 0.717) is 22.9 Å². The molecule has 0 atom stereocenters. The van der Waals surface area contributed by atoms with Gasteiger partial charge in [-0.05, 0) is 68.0 Å². The maximum atomic E-state index is 12.9. The van der Waals surface area contributed by atoms with Crippen LogP contribution in [0.2, 0.25) is 0 Å². The lowest BCUT2D eigenvalue weighted by Gasteiger charge is -2.30. The highest BCUT2D eigenvalue weighted by molar-refractivity contribution is 6.04. The van der Waals surface area contributed by atoms with Gasteiger partial charge in [0.05, 0.1) is 11.3 Å². The summed E-state index contributed by atoms with van der Waals surface area (Å²) in [6.07, 6.45) is 2.04. The van der Waals surface area contributed by atoms with Crippen molar-refractivity contribution in [2.75, 3.05) is 25.0 Å². The van der Waals surface area contributed by atoms with Crippen molar-refractivity contribution in [1.29, 1.82) is 0 Å². The zero-order chi connectivity index (χ0) is 20.1. The number of hydrogen-bond donors (Lipinski definition) is 1. The molecule has 5 nitrogen and oxygen atoms in total. The summed E-state index contributed by atoms with van der Waals surface area (Å²) in [5.41, 5.74) is 3.34. The van der Waals surface area contributed by atoms with Gasteiger partial charge in [0.15, 0.2) is 6.61 Å². The molecule has 3 rings (SSSR count). The Morgan fingerprint density at radius 2 is 1.79 bits per heavy atom. The summed E-state index contributed by atoms with van der Waals surface area (Å²) in [4.78, 5) is 27.1. The van der Waals surface area contributed by atoms with E-state index in [2.05, 4.69) is 12.2 Å². The number of piperidine rings is 1. The standard InChI is InChI=1S/C23H28N2O3/c1-16-10-12-25(13-11-16)23(27)20-6-4-5-7-21(20)24-22(26)15-28-19-9-8-17(2)18(3)14-19/h4-9,14,16H,10-13,15H2,1-3H3,(H,24,26). The van der Waals surface area contributed by atoms with Crippen LogP contribution in [-0.4, -0.2) is 36.4 Å². The van der Waals surface area contributed by atoms with Crippen molar-refractivity contribution >= 4 is 17.5 Å². The summed E-state index contributed by atoms with van der Waals surface area (Å²) >= 11 is 0. The summed E-state index contributed by atoms with van der Waals surface area (Å²) < 4.78 is 5.60. The van der Waals surface area contributed by atoms with Crippen molar-refractivity contribution in [2.24, 2.45) is 5.92 Å². The average molecular weight is 380 g/mol. The van der Waals surface area contributed by atoms with E-state index < -0.39 is 0 Å². The van der Waals surface area contributed by atoms with Crippen molar-refractivity contribution in [3.63, 3.8) is 0 Å². The summed E-state index contributed by atoms with van der Waals surface area (Å²) in [5.74, 6) is 0.996. The predicted molar refractivity (Wildman–Crippen MR) is 111 cm³/mol. The topological polar surface area (TPSA) is 58.6 Å². The van der Waals surface area contributed by atoms with Crippen LogP contribution in [0.3, 0.4) is 0 Å². The number of carbonyl (C=O) groups excluding carboxylic acids is 2. The first-order valence-electron chi connectivity index (χ1n) is 9.82. The predicted octanol–water partition coefficient (Wildman–Crippen LogP) is 4.19. The number of hydrogen-bond acceptors (Lipinski definition) is 3. The number of likely N-dealkylation sites (tertiary alicyclic amines) is 1. The molecule has 2 aromatic rings. The Morgan fingerprint density at radius 3 is 2.50 bits per heavy atom. The average Bonchev–Trinajstić information content (AvgIpc) is 2.69. The zero-order valence-electron chi connectivity index (χ0n) is 16.8. The first-order valence-corrected chi connectivity index (χ1v) is 9.82. The van der Waals surface area contributed by atoms with Gasteiger partial charge in [-0.2, -0.15) is 0 Å². The molecule has 0 radical (unpaired) electrons. The molecule has 2 amide bonds. The fourth-order valence-electron chi connectivity index (χ4n) is 3.30. The highest BCUT2D eigenvalue weighted by Gasteiger charge is 2.23. The molecule has 148 valence electrons. The van der Waals surface area contributed by atoms with E-state index >= 15 is 0 Å². The van der Waals surface area contributed by atoms with Gasteiger partial charge < -0.3 is 15.0 Å². The Hall–Kier alpha value is -2.82. The number of carbonyl (C=O) groups is 2. The summed E-state index contributed by atoms with van der Waals surface area (Å²) in [5, 5.41) is 2.82. The number of amides is 2. The second-order valence-corrected chi connectivity index (χ2v) is 7.60. The third kappa shape index (κ3) is 4.91. The zero-order valence-corrected chi connectivity index (χ0v) is 16.8. The molecule has 0 saturated carbocycles. The molecule has 5 heteroatoms. The van der Waals surface area contributed by atoms with E-state index in [9.17, 15) is 9.59 Å². The first-order chi connectivity index (χ1) is 13.4. The molecule has 0 bridgehead atoms. The fraction of sp³-hybridized carbons (Fsp3) is 0.391. The molecular weight excluding hydrogens is 352 g/mol. The van der Waals surface area contributed by atoms with E-state index in [1.54, 1.807) is 12.1 Å². The maximum absolute atomic E-state index is 12.9. The van der Waals surface area contributed by atoms with Crippen molar-refractivity contribution in [3.05, 3.63) is 59.2 Å². The number of nitrogens with zero attached hydrogens (tertiary/aromatic N) is 1. The lowest BCUT2D eigenvalue weighted by Crippen LogP contribution is -2.38. The largest absolute Gasteiger partial charge is 0.484 e. The fourth-order valence-corrected chi connectivity index (χ4v) is 3.30. The number of nitrogens with one attached hydrogen (secondary N) is 1. The lowest BCUT2D eigenvalue weighted by molar-refractivity contribution is -0.118. The van der Waals surface area contributed by atoms with Crippen LogP contribution in [0.1, 0.15) is 41.3 Å². The minimum Gasteiger partial charge on any atom is -0.484 e. The molecule has 1 heterocycles. The molecule has 1 N–H and O–H groups in total. The van der Waals surface area contributed by atoms with Gasteiger partial charge in [0, 0.05) is 13.1 Å². The Labute approximate surface area is 166 Å². The monoisotopic (exact) mass is 380 g/mol. The van der Waals surface area contributed by atoms with Crippen molar-refractivity contribution in [1.82, 2.24) is 4.90 Å². The van der Waals surface area contributed by atoms with Crippen molar-refractivity contribution < 1.29 is 14.3 Å². The number of anilines is 1. The summed E-state index contributed by atoms with van der Waals surface area (Å²) in [6.45, 7) is 7.67. The van der Waals surface area contributed by atoms with E-state index in [0.717, 1.165) is 31.5 Å². The highest BCUT2D eigenvalue weighted by Crippen LogP contribution is 2.22. The number of aryl methyl sites for hydroxylation is 2. The second kappa shape index (κ2) is 8.91. The van der Waals surface area contributed by atoms with E-state index in [1.165, 1.54) is 5.56 Å². The number of rotatable bonds is 5. The van der Waals surface area contributed by atoms with Crippen molar-refractivity contribution in [3.8, 4) is 5.75 Å². The molecule has 1 aliphatic rings. The van der Waals surface area contributed by atoms with Crippen LogP contribution in [-0.2, 0) is 4.79 Å². The molecule has 0 spiro atoms. The Balaban J connectivity index is 1.63. The molecule has 1 fully saturated rings. The second-order valence-electron chi connectivity index (χ2n) is 7.60. The van der Waals surface area contributed by atoms with Gasteiger partial charge in [0.1, 0.15) is 5.75 Å². The minimum absolute atomic E-state index is 0.0297. The van der Waals surface area contributed by atoms with Crippen LogP contribution in [0.15, 0.2) is 42.5 Å². The van der Waals surface area contributed by atoms with Gasteiger partial charge in [0.25, 0.3) is 11.8 Å². The number of benzene rings is 2. The van der Waals surface area contributed by atoms with Gasteiger partial charge in [-0.15, -0.1) is 0 Å². The minimum atomic E-state index is -0.286. The smallest absolute Gasteiger partial charge is 0.262 e. The third-order valence-corrected chi connectivity index (χ3v) is 5.35. The molecule has 28 heavy (non-hydrogen) atoms. The van der Waals surface area contributed by atoms with E-state index in [4.69, 9.17) is 4.74 Å². The van der Waals surface area contributed by atoms with Crippen LogP contribution in [0.5, 0.6) is 5.75 Å². The number of para-hydroxylation sites is 1.